The molecular weight excluding hydrogens is 863 g/mol. The third kappa shape index (κ3) is 11.2. The normalized spacial score (nSPS) is 14.5. The topological polar surface area (TPSA) is 0 Å². The Hall–Kier alpha value is -3.26. The van der Waals surface area contributed by atoms with Gasteiger partial charge in [-0.15, -0.1) is 68.1 Å². The molecule has 0 amide bonds. The fourth-order valence-corrected chi connectivity index (χ4v) is 9.91. The molecule has 60 heavy (non-hydrogen) atoms. The van der Waals surface area contributed by atoms with Crippen molar-refractivity contribution >= 4 is 69.6 Å². The van der Waals surface area contributed by atoms with Crippen LogP contribution in [0.1, 0.15) is 86.5 Å². The number of fused-ring (bicyclic) bond motifs is 4. The third-order valence-corrected chi connectivity index (χ3v) is 12.9. The molecule has 2 aliphatic rings. The first-order chi connectivity index (χ1) is 29.4. The zero-order valence-corrected chi connectivity index (χ0v) is 41.1. The molecule has 8 aromatic carbocycles. The summed E-state index contributed by atoms with van der Waals surface area (Å²) in [7, 11) is 11.0. The molecule has 0 unspecified atom stereocenters. The van der Waals surface area contributed by atoms with Crippen molar-refractivity contribution in [2.24, 2.45) is 11.8 Å². The fourth-order valence-electron chi connectivity index (χ4n) is 9.91. The van der Waals surface area contributed by atoms with Crippen molar-refractivity contribution in [2.45, 2.75) is 104 Å². The van der Waals surface area contributed by atoms with Crippen molar-refractivity contribution in [3.05, 3.63) is 156 Å². The average Bonchev–Trinajstić information content (AvgIpc) is 3.91. The predicted molar refractivity (Wildman–Crippen MR) is 264 cm³/mol. The number of rotatable bonds is 6. The molecule has 10 rings (SSSR count). The zero-order valence-electron chi connectivity index (χ0n) is 36.1. The Labute approximate surface area is 381 Å². The van der Waals surface area contributed by atoms with Crippen LogP contribution in [0.4, 0.5) is 0 Å². The third-order valence-electron chi connectivity index (χ3n) is 12.9. The summed E-state index contributed by atoms with van der Waals surface area (Å²) in [5.74, 6) is 1.78. The molecule has 0 N–H and O–H groups in total. The van der Waals surface area contributed by atoms with Gasteiger partial charge in [0.1, 0.15) is 0 Å². The summed E-state index contributed by atoms with van der Waals surface area (Å²) in [4.78, 5) is 0. The number of halogens is 2. The standard InChI is InChI=1S/2C27H27.C2H6Si.2ClH.Zr/c2*1-19-11-14-25(24-13-12-22-9-5-6-10-23(22)18-24)27-17-21(16-26(19)27)15-20-7-3-2-4-8-20;1-3-2;;;/h2*5-6,9-14,16-18,20H,2-4,7-8,15H2,1H3;1-2H3;2*1H;/q2*-1;;;;+4/p-2. The van der Waals surface area contributed by atoms with Gasteiger partial charge in [0, 0.05) is 9.52 Å². The molecule has 0 bridgehead atoms. The molecule has 306 valence electrons. The summed E-state index contributed by atoms with van der Waals surface area (Å²) >= 11 is -0.826. The van der Waals surface area contributed by atoms with Gasteiger partial charge in [0.15, 0.2) is 0 Å². The van der Waals surface area contributed by atoms with Crippen LogP contribution in [0.5, 0.6) is 0 Å². The van der Waals surface area contributed by atoms with E-state index in [0.717, 1.165) is 21.4 Å². The number of hydrogen-bond donors (Lipinski definition) is 0. The Morgan fingerprint density at radius 1 is 0.500 bits per heavy atom. The molecule has 2 saturated carbocycles. The van der Waals surface area contributed by atoms with E-state index in [1.807, 2.05) is 0 Å². The van der Waals surface area contributed by atoms with E-state index >= 15 is 0 Å². The van der Waals surface area contributed by atoms with E-state index in [1.54, 1.807) is 0 Å². The van der Waals surface area contributed by atoms with Crippen molar-refractivity contribution in [3.63, 3.8) is 0 Å². The number of aryl methyl sites for hydroxylation is 2. The fraction of sp³-hybridized carbons (Fsp3) is 0.321. The second-order valence-electron chi connectivity index (χ2n) is 17.4. The predicted octanol–water partition coefficient (Wildman–Crippen LogP) is 17.8. The number of hydrogen-bond acceptors (Lipinski definition) is 0. The Kier molecular flexibility index (Phi) is 16.6. The van der Waals surface area contributed by atoms with E-state index in [9.17, 15) is 0 Å². The average molecular weight is 923 g/mol. The monoisotopic (exact) mass is 920 g/mol. The van der Waals surface area contributed by atoms with Crippen LogP contribution in [0.25, 0.3) is 65.3 Å². The van der Waals surface area contributed by atoms with Crippen LogP contribution in [-0.4, -0.2) is 9.52 Å². The molecular formula is C56H60Cl2SiZr. The molecule has 4 heteroatoms. The Morgan fingerprint density at radius 2 is 0.867 bits per heavy atom. The molecule has 0 aliphatic heterocycles. The second kappa shape index (κ2) is 22.2. The van der Waals surface area contributed by atoms with Crippen LogP contribution < -0.4 is 0 Å². The Morgan fingerprint density at radius 3 is 1.25 bits per heavy atom. The van der Waals surface area contributed by atoms with Crippen molar-refractivity contribution in [2.75, 3.05) is 0 Å². The number of benzene rings is 6. The van der Waals surface area contributed by atoms with Crippen LogP contribution in [0, 0.1) is 25.7 Å². The van der Waals surface area contributed by atoms with Gasteiger partial charge in [0.05, 0.1) is 0 Å². The van der Waals surface area contributed by atoms with Gasteiger partial charge in [-0.25, -0.2) is 0 Å². The first-order valence-electron chi connectivity index (χ1n) is 22.3. The van der Waals surface area contributed by atoms with E-state index in [1.165, 1.54) is 165 Å². The molecule has 8 aromatic rings. The Balaban J connectivity index is 0.000000161. The van der Waals surface area contributed by atoms with E-state index in [-0.39, 0.29) is 0 Å². The summed E-state index contributed by atoms with van der Waals surface area (Å²) in [5, 5.41) is 11.0. The molecule has 2 radical (unpaired) electrons. The minimum absolute atomic E-state index is 0.826. The van der Waals surface area contributed by atoms with E-state index in [4.69, 9.17) is 17.0 Å². The SMILES string of the molecule is C[Si]C.Cc1ccc(-c2ccc3ccccc3c2)c2cc(CC3CCCCC3)[cH-]c12.Cc1ccc(-c2ccc3ccccc3c2)c2cc(CC3CCCCC3)[cH-]c12.[Cl][Zr+2][Cl]. The molecule has 0 atom stereocenters. The van der Waals surface area contributed by atoms with Crippen molar-refractivity contribution in [1.82, 2.24) is 0 Å². The molecule has 0 aromatic heterocycles. The quantitative estimate of drug-likeness (QED) is 0.115. The molecule has 2 aliphatic carbocycles. The van der Waals surface area contributed by atoms with E-state index < -0.39 is 20.8 Å². The van der Waals surface area contributed by atoms with Gasteiger partial charge >= 0.3 is 37.9 Å². The molecule has 0 heterocycles. The maximum atomic E-state index is 4.93. The zero-order chi connectivity index (χ0) is 41.8. The summed E-state index contributed by atoms with van der Waals surface area (Å²) < 4.78 is 0. The summed E-state index contributed by atoms with van der Waals surface area (Å²) in [6.07, 6.45) is 16.7. The van der Waals surface area contributed by atoms with Crippen LogP contribution in [0.15, 0.2) is 133 Å². The van der Waals surface area contributed by atoms with Crippen molar-refractivity contribution in [1.29, 1.82) is 0 Å². The van der Waals surface area contributed by atoms with Crippen LogP contribution >= 0.6 is 17.0 Å². The molecule has 0 saturated heterocycles. The molecule has 0 nitrogen and oxygen atoms in total. The van der Waals surface area contributed by atoms with E-state index in [2.05, 4.69) is 160 Å². The summed E-state index contributed by atoms with van der Waals surface area (Å²) in [6.45, 7) is 8.80. The first kappa shape index (κ1) is 44.8. The van der Waals surface area contributed by atoms with Gasteiger partial charge in [-0.2, -0.15) is 12.1 Å². The maximum absolute atomic E-state index is 4.93. The molecule has 0 spiro atoms. The van der Waals surface area contributed by atoms with Crippen molar-refractivity contribution in [3.8, 4) is 22.3 Å². The van der Waals surface area contributed by atoms with Gasteiger partial charge in [0.25, 0.3) is 0 Å². The van der Waals surface area contributed by atoms with Crippen LogP contribution in [-0.2, 0) is 33.7 Å². The van der Waals surface area contributed by atoms with Gasteiger partial charge in [0.2, 0.25) is 0 Å². The van der Waals surface area contributed by atoms with Gasteiger partial charge in [-0.05, 0) is 69.5 Å². The van der Waals surface area contributed by atoms with Crippen molar-refractivity contribution < 1.29 is 20.8 Å². The summed E-state index contributed by atoms with van der Waals surface area (Å²) in [6, 6.07) is 50.1. The van der Waals surface area contributed by atoms with Gasteiger partial charge in [-0.3, -0.25) is 0 Å². The first-order valence-corrected chi connectivity index (χ1v) is 30.6. The van der Waals surface area contributed by atoms with Crippen LogP contribution in [0.2, 0.25) is 13.1 Å². The second-order valence-corrected chi connectivity index (χ2v) is 22.1. The minimum atomic E-state index is -0.826. The summed E-state index contributed by atoms with van der Waals surface area (Å²) in [5.41, 5.74) is 11.3. The Bertz CT molecular complexity index is 2420. The van der Waals surface area contributed by atoms with Crippen LogP contribution in [0.3, 0.4) is 0 Å². The van der Waals surface area contributed by atoms with E-state index in [0.29, 0.717) is 0 Å². The van der Waals surface area contributed by atoms with Gasteiger partial charge < -0.3 is 0 Å². The van der Waals surface area contributed by atoms with Gasteiger partial charge in [-0.1, -0.05) is 187 Å². The molecule has 2 fully saturated rings.